The number of halogens is 1. The predicted molar refractivity (Wildman–Crippen MR) is 126 cm³/mol. The molecular formula is C27H22FNO5. The first-order valence-electron chi connectivity index (χ1n) is 10.9. The Morgan fingerprint density at radius 2 is 1.82 bits per heavy atom. The van der Waals surface area contributed by atoms with E-state index in [1.54, 1.807) is 19.1 Å². The van der Waals surface area contributed by atoms with Crippen LogP contribution < -0.4 is 15.1 Å². The Morgan fingerprint density at radius 3 is 2.56 bits per heavy atom. The first kappa shape index (κ1) is 21.7. The Balaban J connectivity index is 1.81. The Hall–Kier alpha value is -4.13. The molecule has 34 heavy (non-hydrogen) atoms. The number of anilines is 1. The number of fused-ring (bicyclic) bond motifs is 2. The standard InChI is InChI=1S/C27H22FNO5/c1-4-33-22-12-16(6-9-20(22)30)24-23-25(31)19-13-17(28)7-10-21(19)34-26(23)27(32)29(24)18-8-5-14(2)15(3)11-18/h5-13,24,30H,4H2,1-3H3. The normalized spacial score (nSPS) is 15.1. The first-order chi connectivity index (χ1) is 16.3. The van der Waals surface area contributed by atoms with Crippen molar-refractivity contribution in [3.05, 3.63) is 98.7 Å². The highest BCUT2D eigenvalue weighted by Gasteiger charge is 2.44. The van der Waals surface area contributed by atoms with Crippen LogP contribution in [0.2, 0.25) is 0 Å². The van der Waals surface area contributed by atoms with Gasteiger partial charge in [0.25, 0.3) is 5.91 Å². The van der Waals surface area contributed by atoms with Gasteiger partial charge in [0.1, 0.15) is 11.4 Å². The molecule has 1 aromatic heterocycles. The molecule has 3 aromatic carbocycles. The zero-order valence-electron chi connectivity index (χ0n) is 18.9. The summed E-state index contributed by atoms with van der Waals surface area (Å²) >= 11 is 0. The van der Waals surface area contributed by atoms with Gasteiger partial charge in [-0.25, -0.2) is 4.39 Å². The number of phenolic OH excluding ortho intramolecular Hbond substituents is 1. The molecule has 1 amide bonds. The molecule has 172 valence electrons. The monoisotopic (exact) mass is 459 g/mol. The van der Waals surface area contributed by atoms with Crippen molar-refractivity contribution in [2.45, 2.75) is 26.8 Å². The number of hydrogen-bond donors (Lipinski definition) is 1. The van der Waals surface area contributed by atoms with Gasteiger partial charge in [0.15, 0.2) is 16.9 Å². The summed E-state index contributed by atoms with van der Waals surface area (Å²) in [7, 11) is 0. The molecular weight excluding hydrogens is 437 g/mol. The number of aryl methyl sites for hydroxylation is 2. The zero-order chi connectivity index (χ0) is 24.1. The van der Waals surface area contributed by atoms with Crippen LogP contribution in [-0.4, -0.2) is 17.6 Å². The summed E-state index contributed by atoms with van der Waals surface area (Å²) in [6.45, 7) is 6.02. The largest absolute Gasteiger partial charge is 0.504 e. The Morgan fingerprint density at radius 1 is 1.03 bits per heavy atom. The number of hydrogen-bond acceptors (Lipinski definition) is 5. The van der Waals surface area contributed by atoms with Gasteiger partial charge in [0.2, 0.25) is 5.76 Å². The lowest BCUT2D eigenvalue weighted by Crippen LogP contribution is -2.29. The molecule has 0 fully saturated rings. The Bertz CT molecular complexity index is 1520. The van der Waals surface area contributed by atoms with Crippen molar-refractivity contribution in [1.82, 2.24) is 0 Å². The number of phenols is 1. The van der Waals surface area contributed by atoms with E-state index in [4.69, 9.17) is 9.15 Å². The van der Waals surface area contributed by atoms with Gasteiger partial charge in [-0.05, 0) is 79.9 Å². The summed E-state index contributed by atoms with van der Waals surface area (Å²) in [6.07, 6.45) is 0. The molecule has 0 saturated carbocycles. The minimum Gasteiger partial charge on any atom is -0.504 e. The lowest BCUT2D eigenvalue weighted by atomic mass is 9.97. The number of benzene rings is 3. The maximum Gasteiger partial charge on any atom is 0.295 e. The molecule has 0 saturated heterocycles. The molecule has 0 aliphatic carbocycles. The van der Waals surface area contributed by atoms with E-state index in [0.29, 0.717) is 17.9 Å². The molecule has 0 bridgehead atoms. The van der Waals surface area contributed by atoms with Gasteiger partial charge in [-0.3, -0.25) is 14.5 Å². The fourth-order valence-electron chi connectivity index (χ4n) is 4.37. The van der Waals surface area contributed by atoms with Crippen LogP contribution in [0, 0.1) is 19.7 Å². The summed E-state index contributed by atoms with van der Waals surface area (Å²) < 4.78 is 25.4. The number of carbonyl (C=O) groups excluding carboxylic acids is 1. The van der Waals surface area contributed by atoms with Crippen molar-refractivity contribution < 1.29 is 23.4 Å². The van der Waals surface area contributed by atoms with Crippen LogP contribution in [0.1, 0.15) is 45.8 Å². The second-order valence-corrected chi connectivity index (χ2v) is 8.32. The van der Waals surface area contributed by atoms with Gasteiger partial charge in [-0.1, -0.05) is 12.1 Å². The van der Waals surface area contributed by atoms with E-state index in [0.717, 1.165) is 17.2 Å². The molecule has 6 nitrogen and oxygen atoms in total. The maximum absolute atomic E-state index is 14.0. The van der Waals surface area contributed by atoms with Crippen LogP contribution in [0.4, 0.5) is 10.1 Å². The lowest BCUT2D eigenvalue weighted by molar-refractivity contribution is 0.0971. The molecule has 1 N–H and O–H groups in total. The molecule has 1 aliphatic rings. The molecule has 1 aliphatic heterocycles. The average Bonchev–Trinajstić information content (AvgIpc) is 3.10. The van der Waals surface area contributed by atoms with E-state index in [1.165, 1.54) is 23.1 Å². The Labute approximate surface area is 194 Å². The second kappa shape index (κ2) is 8.02. The van der Waals surface area contributed by atoms with E-state index in [2.05, 4.69) is 0 Å². The number of amides is 1. The molecule has 7 heteroatoms. The van der Waals surface area contributed by atoms with Crippen molar-refractivity contribution in [3.8, 4) is 11.5 Å². The third-order valence-electron chi connectivity index (χ3n) is 6.20. The van der Waals surface area contributed by atoms with Crippen molar-refractivity contribution in [3.63, 3.8) is 0 Å². The summed E-state index contributed by atoms with van der Waals surface area (Å²) in [5, 5.41) is 10.3. The predicted octanol–water partition coefficient (Wildman–Crippen LogP) is 5.40. The SMILES string of the molecule is CCOc1cc(C2c3c(oc4ccc(F)cc4c3=O)C(=O)N2c2ccc(C)c(C)c2)ccc1O. The molecule has 1 unspecified atom stereocenters. The van der Waals surface area contributed by atoms with Gasteiger partial charge in [-0.2, -0.15) is 0 Å². The zero-order valence-corrected chi connectivity index (χ0v) is 18.9. The molecule has 0 radical (unpaired) electrons. The van der Waals surface area contributed by atoms with Crippen LogP contribution >= 0.6 is 0 Å². The van der Waals surface area contributed by atoms with E-state index in [1.807, 2.05) is 32.0 Å². The van der Waals surface area contributed by atoms with Crippen LogP contribution in [0.3, 0.4) is 0 Å². The second-order valence-electron chi connectivity index (χ2n) is 8.32. The third-order valence-corrected chi connectivity index (χ3v) is 6.20. The highest BCUT2D eigenvalue weighted by atomic mass is 19.1. The first-order valence-corrected chi connectivity index (χ1v) is 10.9. The Kier molecular flexibility index (Phi) is 5.12. The molecule has 0 spiro atoms. The van der Waals surface area contributed by atoms with Crippen molar-refractivity contribution in [2.24, 2.45) is 0 Å². The summed E-state index contributed by atoms with van der Waals surface area (Å²) in [6, 6.07) is 13.1. The summed E-state index contributed by atoms with van der Waals surface area (Å²) in [5.74, 6) is -0.955. The van der Waals surface area contributed by atoms with Gasteiger partial charge < -0.3 is 14.3 Å². The van der Waals surface area contributed by atoms with E-state index < -0.39 is 23.2 Å². The van der Waals surface area contributed by atoms with E-state index >= 15 is 0 Å². The summed E-state index contributed by atoms with van der Waals surface area (Å²) in [4.78, 5) is 28.7. The summed E-state index contributed by atoms with van der Waals surface area (Å²) in [5.41, 5.74) is 2.95. The van der Waals surface area contributed by atoms with Gasteiger partial charge >= 0.3 is 0 Å². The number of carbonyl (C=O) groups is 1. The average molecular weight is 459 g/mol. The lowest BCUT2D eigenvalue weighted by Gasteiger charge is -2.26. The van der Waals surface area contributed by atoms with Gasteiger partial charge in [0.05, 0.1) is 23.6 Å². The van der Waals surface area contributed by atoms with Crippen molar-refractivity contribution >= 4 is 22.6 Å². The van der Waals surface area contributed by atoms with Crippen LogP contribution in [0.15, 0.2) is 63.8 Å². The van der Waals surface area contributed by atoms with E-state index in [9.17, 15) is 19.1 Å². The highest BCUT2D eigenvalue weighted by Crippen LogP contribution is 2.43. The fraction of sp³-hybridized carbons (Fsp3) is 0.185. The third kappa shape index (κ3) is 3.32. The van der Waals surface area contributed by atoms with Crippen molar-refractivity contribution in [2.75, 3.05) is 11.5 Å². The smallest absolute Gasteiger partial charge is 0.295 e. The van der Waals surface area contributed by atoms with E-state index in [-0.39, 0.29) is 33.8 Å². The number of nitrogens with zero attached hydrogens (tertiary/aromatic N) is 1. The topological polar surface area (TPSA) is 80.0 Å². The minimum atomic E-state index is -0.853. The van der Waals surface area contributed by atoms with Crippen LogP contribution in [0.5, 0.6) is 11.5 Å². The van der Waals surface area contributed by atoms with Crippen LogP contribution in [0.25, 0.3) is 11.0 Å². The minimum absolute atomic E-state index is 0.0551. The van der Waals surface area contributed by atoms with Gasteiger partial charge in [0, 0.05) is 5.69 Å². The molecule has 5 rings (SSSR count). The number of aromatic hydroxyl groups is 1. The highest BCUT2D eigenvalue weighted by molar-refractivity contribution is 6.10. The van der Waals surface area contributed by atoms with Crippen LogP contribution in [-0.2, 0) is 0 Å². The van der Waals surface area contributed by atoms with Gasteiger partial charge in [-0.15, -0.1) is 0 Å². The van der Waals surface area contributed by atoms with Crippen molar-refractivity contribution in [1.29, 1.82) is 0 Å². The fourth-order valence-corrected chi connectivity index (χ4v) is 4.37. The number of rotatable bonds is 4. The quantitative estimate of drug-likeness (QED) is 0.442. The molecule has 1 atom stereocenters. The molecule has 2 heterocycles. The molecule has 4 aromatic rings. The number of ether oxygens (including phenoxy) is 1. The maximum atomic E-state index is 14.0.